The van der Waals surface area contributed by atoms with E-state index in [-0.39, 0.29) is 17.4 Å². The molecule has 0 unspecified atom stereocenters. The number of amides is 2. The molecule has 26 heavy (non-hydrogen) atoms. The zero-order valence-corrected chi connectivity index (χ0v) is 16.3. The highest BCUT2D eigenvalue weighted by molar-refractivity contribution is 9.10. The van der Waals surface area contributed by atoms with E-state index in [0.717, 1.165) is 5.56 Å². The Bertz CT molecular complexity index is 805. The molecule has 2 aromatic rings. The zero-order valence-electron chi connectivity index (χ0n) is 14.7. The topological polar surface area (TPSA) is 62.6 Å². The zero-order chi connectivity index (χ0) is 18.9. The number of allylic oxidation sites excluding steroid dienone is 2. The molecule has 0 atom stereocenters. The molecule has 2 amide bonds. The van der Waals surface area contributed by atoms with E-state index in [0.29, 0.717) is 17.8 Å². The van der Waals surface area contributed by atoms with Crippen molar-refractivity contribution in [1.82, 2.24) is 10.2 Å². The first-order valence-corrected chi connectivity index (χ1v) is 9.13. The smallest absolute Gasteiger partial charge is 0.291 e. The summed E-state index contributed by atoms with van der Waals surface area (Å²) in [6.45, 7) is 4.89. The fraction of sp³-hybridized carbons (Fsp3) is 0.200. The number of halogens is 1. The Morgan fingerprint density at radius 1 is 1.12 bits per heavy atom. The molecule has 0 saturated heterocycles. The second-order valence-corrected chi connectivity index (χ2v) is 6.17. The predicted octanol–water partition coefficient (Wildman–Crippen LogP) is 4.24. The number of likely N-dealkylation sites (N-methyl/N-ethyl adjacent to an activating group) is 1. The van der Waals surface area contributed by atoms with Gasteiger partial charge in [0.05, 0.1) is 0 Å². The van der Waals surface area contributed by atoms with Crippen LogP contribution in [0, 0.1) is 0 Å². The molecule has 0 saturated carbocycles. The Kier molecular flexibility index (Phi) is 7.41. The lowest BCUT2D eigenvalue weighted by atomic mass is 10.2. The quantitative estimate of drug-likeness (QED) is 0.542. The maximum Gasteiger partial charge on any atom is 0.291 e. The average molecular weight is 417 g/mol. The Morgan fingerprint density at radius 3 is 2.38 bits per heavy atom. The molecule has 1 N–H and O–H groups in total. The molecular formula is C20H21BrN2O3. The third kappa shape index (κ3) is 5.46. The molecule has 0 fully saturated rings. The van der Waals surface area contributed by atoms with Gasteiger partial charge in [-0.25, -0.2) is 0 Å². The summed E-state index contributed by atoms with van der Waals surface area (Å²) in [4.78, 5) is 26.7. The normalized spacial score (nSPS) is 11.6. The fourth-order valence-corrected chi connectivity index (χ4v) is 2.59. The predicted molar refractivity (Wildman–Crippen MR) is 105 cm³/mol. The van der Waals surface area contributed by atoms with Gasteiger partial charge in [-0.15, -0.1) is 0 Å². The molecule has 0 aliphatic carbocycles. The Morgan fingerprint density at radius 2 is 1.81 bits per heavy atom. The Balaban J connectivity index is 2.23. The molecule has 2 rings (SSSR count). The van der Waals surface area contributed by atoms with Gasteiger partial charge in [0.2, 0.25) is 0 Å². The third-order valence-corrected chi connectivity index (χ3v) is 4.10. The van der Waals surface area contributed by atoms with Gasteiger partial charge in [-0.3, -0.25) is 9.59 Å². The Hall–Kier alpha value is -2.60. The molecule has 0 aliphatic heterocycles. The lowest BCUT2D eigenvalue weighted by Gasteiger charge is -2.20. The molecule has 1 heterocycles. The minimum absolute atomic E-state index is 0.127. The largest absolute Gasteiger partial charge is 0.444 e. The number of carbonyl (C=O) groups is 2. The number of hydrogen-bond donors (Lipinski definition) is 1. The maximum atomic E-state index is 12.7. The van der Waals surface area contributed by atoms with E-state index in [1.807, 2.05) is 50.3 Å². The second-order valence-electron chi connectivity index (χ2n) is 5.39. The summed E-state index contributed by atoms with van der Waals surface area (Å²) in [5.41, 5.74) is 1.19. The van der Waals surface area contributed by atoms with Crippen LogP contribution in [0.3, 0.4) is 0 Å². The standard InChI is InChI=1S/C20H21BrN2O3/c1-3-23(4-2)20(25)16(12-8-11-15-9-6-5-7-10-15)22-19(24)17-13-14-18(21)26-17/h5-14H,3-4H2,1-2H3,(H,22,24)/b11-8-,16-12-. The van der Waals surface area contributed by atoms with Crippen LogP contribution in [-0.4, -0.2) is 29.8 Å². The molecule has 6 heteroatoms. The highest BCUT2D eigenvalue weighted by atomic mass is 79.9. The van der Waals surface area contributed by atoms with Crippen LogP contribution in [0.2, 0.25) is 0 Å². The summed E-state index contributed by atoms with van der Waals surface area (Å²) in [7, 11) is 0. The van der Waals surface area contributed by atoms with Crippen LogP contribution < -0.4 is 5.32 Å². The van der Waals surface area contributed by atoms with Gasteiger partial charge >= 0.3 is 0 Å². The number of nitrogens with one attached hydrogen (secondary N) is 1. The average Bonchev–Trinajstić information content (AvgIpc) is 3.09. The van der Waals surface area contributed by atoms with Gasteiger partial charge in [0, 0.05) is 13.1 Å². The van der Waals surface area contributed by atoms with Crippen molar-refractivity contribution < 1.29 is 14.0 Å². The highest BCUT2D eigenvalue weighted by Crippen LogP contribution is 2.14. The first-order chi connectivity index (χ1) is 12.5. The van der Waals surface area contributed by atoms with E-state index >= 15 is 0 Å². The lowest BCUT2D eigenvalue weighted by Crippen LogP contribution is -2.38. The monoisotopic (exact) mass is 416 g/mol. The minimum Gasteiger partial charge on any atom is -0.444 e. The van der Waals surface area contributed by atoms with Crippen molar-refractivity contribution >= 4 is 33.8 Å². The van der Waals surface area contributed by atoms with E-state index in [2.05, 4.69) is 21.2 Å². The molecule has 5 nitrogen and oxygen atoms in total. The maximum absolute atomic E-state index is 12.7. The SMILES string of the molecule is CCN(CC)C(=O)/C(=C/C=C\c1ccccc1)NC(=O)c1ccc(Br)o1. The van der Waals surface area contributed by atoms with Crippen molar-refractivity contribution in [3.05, 3.63) is 76.3 Å². The van der Waals surface area contributed by atoms with Crippen molar-refractivity contribution in [3.63, 3.8) is 0 Å². The number of rotatable bonds is 7. The number of benzene rings is 1. The summed E-state index contributed by atoms with van der Waals surface area (Å²) in [5, 5.41) is 2.65. The molecular weight excluding hydrogens is 396 g/mol. The van der Waals surface area contributed by atoms with Gasteiger partial charge < -0.3 is 14.6 Å². The first kappa shape index (κ1) is 19.7. The molecule has 1 aromatic carbocycles. The van der Waals surface area contributed by atoms with Gasteiger partial charge in [-0.2, -0.15) is 0 Å². The number of furan rings is 1. The minimum atomic E-state index is -0.476. The van der Waals surface area contributed by atoms with Crippen molar-refractivity contribution in [2.75, 3.05) is 13.1 Å². The third-order valence-electron chi connectivity index (χ3n) is 3.68. The van der Waals surface area contributed by atoms with Crippen molar-refractivity contribution in [2.45, 2.75) is 13.8 Å². The van der Waals surface area contributed by atoms with Gasteiger partial charge in [0.1, 0.15) is 5.70 Å². The van der Waals surface area contributed by atoms with Crippen molar-refractivity contribution in [3.8, 4) is 0 Å². The van der Waals surface area contributed by atoms with E-state index in [4.69, 9.17) is 4.42 Å². The summed E-state index contributed by atoms with van der Waals surface area (Å²) in [6, 6.07) is 12.9. The molecule has 0 spiro atoms. The van der Waals surface area contributed by atoms with Crippen LogP contribution in [0.25, 0.3) is 6.08 Å². The van der Waals surface area contributed by atoms with Crippen molar-refractivity contribution in [1.29, 1.82) is 0 Å². The number of nitrogens with zero attached hydrogens (tertiary/aromatic N) is 1. The van der Waals surface area contributed by atoms with Crippen LogP contribution in [0.5, 0.6) is 0 Å². The number of carbonyl (C=O) groups excluding carboxylic acids is 2. The van der Waals surface area contributed by atoms with Crippen LogP contribution in [-0.2, 0) is 4.79 Å². The van der Waals surface area contributed by atoms with E-state index in [1.165, 1.54) is 0 Å². The molecule has 136 valence electrons. The summed E-state index contributed by atoms with van der Waals surface area (Å²) in [5.74, 6) is -0.593. The van der Waals surface area contributed by atoms with E-state index < -0.39 is 5.91 Å². The van der Waals surface area contributed by atoms with Crippen LogP contribution in [0.4, 0.5) is 0 Å². The summed E-state index contributed by atoms with van der Waals surface area (Å²) < 4.78 is 5.70. The van der Waals surface area contributed by atoms with E-state index in [9.17, 15) is 9.59 Å². The second kappa shape index (κ2) is 9.77. The number of hydrogen-bond acceptors (Lipinski definition) is 3. The summed E-state index contributed by atoms with van der Waals surface area (Å²) in [6.07, 6.45) is 5.21. The van der Waals surface area contributed by atoms with Crippen LogP contribution >= 0.6 is 15.9 Å². The van der Waals surface area contributed by atoms with Gasteiger partial charge in [0.15, 0.2) is 10.4 Å². The van der Waals surface area contributed by atoms with E-state index in [1.54, 1.807) is 29.2 Å². The lowest BCUT2D eigenvalue weighted by molar-refractivity contribution is -0.127. The summed E-state index contributed by atoms with van der Waals surface area (Å²) >= 11 is 3.16. The van der Waals surface area contributed by atoms with Crippen molar-refractivity contribution in [2.24, 2.45) is 0 Å². The molecule has 1 aromatic heterocycles. The molecule has 0 bridgehead atoms. The van der Waals surface area contributed by atoms with Gasteiger partial charge in [-0.1, -0.05) is 42.5 Å². The highest BCUT2D eigenvalue weighted by Gasteiger charge is 2.19. The van der Waals surface area contributed by atoms with Gasteiger partial charge in [0.25, 0.3) is 11.8 Å². The van der Waals surface area contributed by atoms with Crippen LogP contribution in [0.15, 0.2) is 69.4 Å². The molecule has 0 radical (unpaired) electrons. The van der Waals surface area contributed by atoms with Gasteiger partial charge in [-0.05, 0) is 53.5 Å². The van der Waals surface area contributed by atoms with Crippen LogP contribution in [0.1, 0.15) is 30.0 Å². The fourth-order valence-electron chi connectivity index (χ4n) is 2.29. The Labute approximate surface area is 161 Å². The first-order valence-electron chi connectivity index (χ1n) is 8.34. The molecule has 0 aliphatic rings.